The van der Waals surface area contributed by atoms with Gasteiger partial charge in [0.1, 0.15) is 0 Å². The van der Waals surface area contributed by atoms with Gasteiger partial charge in [-0.1, -0.05) is 17.7 Å². The molecule has 1 saturated carbocycles. The van der Waals surface area contributed by atoms with Crippen molar-refractivity contribution in [1.82, 2.24) is 14.3 Å². The second-order valence-corrected chi connectivity index (χ2v) is 9.09. The number of hydrogen-bond acceptors (Lipinski definition) is 4. The molecule has 1 aliphatic rings. The van der Waals surface area contributed by atoms with Gasteiger partial charge in [0.25, 0.3) is 5.56 Å². The lowest BCUT2D eigenvalue weighted by atomic mass is 10.1. The van der Waals surface area contributed by atoms with Crippen molar-refractivity contribution >= 4 is 27.3 Å². The summed E-state index contributed by atoms with van der Waals surface area (Å²) in [5.41, 5.74) is 2.67. The van der Waals surface area contributed by atoms with E-state index in [1.165, 1.54) is 6.07 Å². The van der Waals surface area contributed by atoms with Crippen molar-refractivity contribution in [2.75, 3.05) is 4.72 Å². The molecule has 0 spiro atoms. The minimum atomic E-state index is -3.33. The Kier molecular flexibility index (Phi) is 4.76. The molecule has 0 aliphatic heterocycles. The molecule has 3 aromatic rings. The van der Waals surface area contributed by atoms with Crippen LogP contribution in [0, 0.1) is 0 Å². The number of halogens is 1. The average Bonchev–Trinajstić information content (AvgIpc) is 3.42. The Labute approximate surface area is 167 Å². The topological polar surface area (TPSA) is 86.0 Å². The lowest BCUT2D eigenvalue weighted by Crippen LogP contribution is -2.18. The normalized spacial score (nSPS) is 14.2. The molecular formula is C19H19ClN4O3S. The van der Waals surface area contributed by atoms with E-state index < -0.39 is 10.0 Å². The van der Waals surface area contributed by atoms with Gasteiger partial charge in [-0.05, 0) is 38.0 Å². The molecule has 2 heterocycles. The van der Waals surface area contributed by atoms with Crippen LogP contribution in [-0.2, 0) is 16.6 Å². The summed E-state index contributed by atoms with van der Waals surface area (Å²) in [5.74, 6) is 0. The third kappa shape index (κ3) is 3.70. The van der Waals surface area contributed by atoms with Crippen LogP contribution in [0.15, 0.2) is 53.7 Å². The molecule has 28 heavy (non-hydrogen) atoms. The van der Waals surface area contributed by atoms with Gasteiger partial charge in [0.05, 0.1) is 22.2 Å². The molecule has 0 amide bonds. The van der Waals surface area contributed by atoms with Gasteiger partial charge >= 0.3 is 0 Å². The second kappa shape index (κ2) is 7.10. The van der Waals surface area contributed by atoms with E-state index in [4.69, 9.17) is 11.6 Å². The van der Waals surface area contributed by atoms with E-state index in [0.717, 1.165) is 16.8 Å². The SMILES string of the molecule is CCn1cc(-n2cc(-c3ccc(NS(=O)(=O)C4CC4)cc3Cl)cn2)ccc1=O. The Morgan fingerprint density at radius 3 is 2.68 bits per heavy atom. The zero-order chi connectivity index (χ0) is 19.9. The second-order valence-electron chi connectivity index (χ2n) is 6.73. The maximum absolute atomic E-state index is 12.1. The number of nitrogens with zero attached hydrogens (tertiary/aromatic N) is 3. The highest BCUT2D eigenvalue weighted by atomic mass is 35.5. The van der Waals surface area contributed by atoms with E-state index in [0.29, 0.717) is 30.1 Å². The summed E-state index contributed by atoms with van der Waals surface area (Å²) in [4.78, 5) is 11.7. The highest BCUT2D eigenvalue weighted by Crippen LogP contribution is 2.33. The molecule has 9 heteroatoms. The van der Waals surface area contributed by atoms with E-state index in [9.17, 15) is 13.2 Å². The fraction of sp³-hybridized carbons (Fsp3) is 0.263. The largest absolute Gasteiger partial charge is 0.314 e. The standard InChI is InChI=1S/C19H19ClN4O3S/c1-2-23-12-15(4-8-19(23)25)24-11-13(10-21-24)17-7-3-14(9-18(17)20)22-28(26,27)16-5-6-16/h3-4,7-12,16,22H,2,5-6H2,1H3. The minimum Gasteiger partial charge on any atom is -0.314 e. The molecule has 2 aromatic heterocycles. The first-order valence-electron chi connectivity index (χ1n) is 8.94. The van der Waals surface area contributed by atoms with Gasteiger partial charge < -0.3 is 4.57 Å². The number of aryl methyl sites for hydroxylation is 1. The third-order valence-corrected chi connectivity index (χ3v) is 6.84. The van der Waals surface area contributed by atoms with Gasteiger partial charge in [0, 0.05) is 41.8 Å². The van der Waals surface area contributed by atoms with E-state index >= 15 is 0 Å². The number of aromatic nitrogens is 3. The molecule has 0 unspecified atom stereocenters. The van der Waals surface area contributed by atoms with E-state index in [1.54, 1.807) is 45.9 Å². The number of nitrogens with one attached hydrogen (secondary N) is 1. The van der Waals surface area contributed by atoms with Gasteiger partial charge in [0.2, 0.25) is 10.0 Å². The summed E-state index contributed by atoms with van der Waals surface area (Å²) < 4.78 is 30.0. The van der Waals surface area contributed by atoms with Crippen molar-refractivity contribution in [3.05, 3.63) is 64.3 Å². The van der Waals surface area contributed by atoms with E-state index in [1.807, 2.05) is 13.1 Å². The molecule has 0 bridgehead atoms. The van der Waals surface area contributed by atoms with Crippen molar-refractivity contribution in [2.24, 2.45) is 0 Å². The minimum absolute atomic E-state index is 0.0640. The highest BCUT2D eigenvalue weighted by Gasteiger charge is 2.35. The van der Waals surface area contributed by atoms with Crippen LogP contribution in [0.1, 0.15) is 19.8 Å². The van der Waals surface area contributed by atoms with Crippen LogP contribution < -0.4 is 10.3 Å². The summed E-state index contributed by atoms with van der Waals surface area (Å²) >= 11 is 6.39. The van der Waals surface area contributed by atoms with Crippen LogP contribution >= 0.6 is 11.6 Å². The highest BCUT2D eigenvalue weighted by molar-refractivity contribution is 7.93. The van der Waals surface area contributed by atoms with Crippen LogP contribution in [-0.4, -0.2) is 28.0 Å². The lowest BCUT2D eigenvalue weighted by molar-refractivity contribution is 0.600. The van der Waals surface area contributed by atoms with Crippen molar-refractivity contribution in [1.29, 1.82) is 0 Å². The van der Waals surface area contributed by atoms with Crippen molar-refractivity contribution in [3.63, 3.8) is 0 Å². The number of sulfonamides is 1. The summed E-state index contributed by atoms with van der Waals surface area (Å²) in [7, 11) is -3.33. The monoisotopic (exact) mass is 418 g/mol. The summed E-state index contributed by atoms with van der Waals surface area (Å²) in [6.45, 7) is 2.48. The first-order chi connectivity index (χ1) is 13.4. The van der Waals surface area contributed by atoms with Gasteiger partial charge in [0.15, 0.2) is 0 Å². The maximum atomic E-state index is 12.1. The molecule has 1 aliphatic carbocycles. The van der Waals surface area contributed by atoms with Gasteiger partial charge in [-0.3, -0.25) is 9.52 Å². The summed E-state index contributed by atoms with van der Waals surface area (Å²) in [5, 5.41) is 4.48. The predicted octanol–water partition coefficient (Wildman–Crippen LogP) is 3.28. The Morgan fingerprint density at radius 2 is 2.00 bits per heavy atom. The Balaban J connectivity index is 1.61. The predicted molar refractivity (Wildman–Crippen MR) is 110 cm³/mol. The quantitative estimate of drug-likeness (QED) is 0.665. The number of hydrogen-bond donors (Lipinski definition) is 1. The molecule has 4 rings (SSSR count). The first-order valence-corrected chi connectivity index (χ1v) is 10.9. The van der Waals surface area contributed by atoms with Crippen molar-refractivity contribution < 1.29 is 8.42 Å². The first kappa shape index (κ1) is 18.8. The molecule has 1 N–H and O–H groups in total. The van der Waals surface area contributed by atoms with Crippen LogP contribution in [0.2, 0.25) is 5.02 Å². The zero-order valence-corrected chi connectivity index (χ0v) is 16.7. The molecule has 146 valence electrons. The number of benzene rings is 1. The van der Waals surface area contributed by atoms with Crippen LogP contribution in [0.4, 0.5) is 5.69 Å². The molecule has 7 nitrogen and oxygen atoms in total. The molecule has 0 saturated heterocycles. The Bertz CT molecular complexity index is 1200. The van der Waals surface area contributed by atoms with E-state index in [-0.39, 0.29) is 10.8 Å². The van der Waals surface area contributed by atoms with Gasteiger partial charge in [-0.15, -0.1) is 0 Å². The number of rotatable bonds is 6. The van der Waals surface area contributed by atoms with Gasteiger partial charge in [-0.25, -0.2) is 13.1 Å². The lowest BCUT2D eigenvalue weighted by Gasteiger charge is -2.09. The number of anilines is 1. The maximum Gasteiger partial charge on any atom is 0.250 e. The van der Waals surface area contributed by atoms with E-state index in [2.05, 4.69) is 9.82 Å². The van der Waals surface area contributed by atoms with Crippen LogP contribution in [0.3, 0.4) is 0 Å². The number of pyridine rings is 1. The summed E-state index contributed by atoms with van der Waals surface area (Å²) in [6, 6.07) is 8.28. The molecule has 1 aromatic carbocycles. The smallest absolute Gasteiger partial charge is 0.250 e. The summed E-state index contributed by atoms with van der Waals surface area (Å²) in [6.07, 6.45) is 6.64. The molecule has 0 radical (unpaired) electrons. The average molecular weight is 419 g/mol. The fourth-order valence-electron chi connectivity index (χ4n) is 2.94. The Morgan fingerprint density at radius 1 is 1.21 bits per heavy atom. The third-order valence-electron chi connectivity index (χ3n) is 4.66. The molecule has 1 fully saturated rings. The van der Waals surface area contributed by atoms with Gasteiger partial charge in [-0.2, -0.15) is 5.10 Å². The van der Waals surface area contributed by atoms with Crippen molar-refractivity contribution in [3.8, 4) is 16.8 Å². The van der Waals surface area contributed by atoms with Crippen molar-refractivity contribution in [2.45, 2.75) is 31.6 Å². The zero-order valence-electron chi connectivity index (χ0n) is 15.2. The fourth-order valence-corrected chi connectivity index (χ4v) is 4.61. The van der Waals surface area contributed by atoms with Crippen LogP contribution in [0.5, 0.6) is 0 Å². The Hall–Kier alpha value is -2.58. The van der Waals surface area contributed by atoms with Crippen LogP contribution in [0.25, 0.3) is 16.8 Å². The molecular weight excluding hydrogens is 400 g/mol. The molecule has 0 atom stereocenters.